The van der Waals surface area contributed by atoms with E-state index in [0.717, 1.165) is 56.2 Å². The molecular weight excluding hydrogens is 552 g/mol. The number of carbonyl (C=O) groups is 2. The van der Waals surface area contributed by atoms with Crippen LogP contribution in [0.4, 0.5) is 4.79 Å². The van der Waals surface area contributed by atoms with Gasteiger partial charge in [0.25, 0.3) is 0 Å². The first-order valence-corrected chi connectivity index (χ1v) is 15.8. The van der Waals surface area contributed by atoms with Gasteiger partial charge in [-0.15, -0.1) is 0 Å². The van der Waals surface area contributed by atoms with Crippen molar-refractivity contribution in [2.24, 2.45) is 0 Å². The summed E-state index contributed by atoms with van der Waals surface area (Å²) in [4.78, 5) is 35.1. The maximum atomic E-state index is 12.9. The van der Waals surface area contributed by atoms with Crippen molar-refractivity contribution in [1.82, 2.24) is 19.6 Å². The zero-order valence-corrected chi connectivity index (χ0v) is 26.2. The van der Waals surface area contributed by atoms with Crippen molar-refractivity contribution in [3.05, 3.63) is 70.7 Å². The van der Waals surface area contributed by atoms with Crippen molar-refractivity contribution in [1.29, 1.82) is 0 Å². The van der Waals surface area contributed by atoms with Gasteiger partial charge in [-0.25, -0.2) is 4.79 Å². The SMILES string of the molecule is CCOC(=O)C(CN1CCN(C(=O)OCC)C(CCC(C)N2CCN(Cc3ccc(Cl)cc3)CC2)C1)c1ccccc1. The molecule has 0 bridgehead atoms. The number of halogens is 1. The van der Waals surface area contributed by atoms with Gasteiger partial charge < -0.3 is 14.4 Å². The second kappa shape index (κ2) is 16.3. The van der Waals surface area contributed by atoms with Gasteiger partial charge in [0.1, 0.15) is 0 Å². The standard InChI is InChI=1S/C33H47ClN4O4/c1-4-41-32(39)31(28-9-7-6-8-10-28)25-36-19-22-38(33(40)42-5-2)30(24-36)16-11-26(3)37-20-17-35(18-21-37)23-27-12-14-29(34)15-13-27/h6-10,12-15,26,30-31H,4-5,11,16-25H2,1-3H3. The summed E-state index contributed by atoms with van der Waals surface area (Å²) in [5, 5.41) is 0.773. The first kappa shape index (κ1) is 32.3. The van der Waals surface area contributed by atoms with E-state index in [4.69, 9.17) is 21.1 Å². The summed E-state index contributed by atoms with van der Waals surface area (Å²) in [7, 11) is 0. The van der Waals surface area contributed by atoms with Crippen LogP contribution in [0.1, 0.15) is 50.7 Å². The molecule has 8 nitrogen and oxygen atoms in total. The van der Waals surface area contributed by atoms with Crippen LogP contribution in [-0.4, -0.2) is 109 Å². The summed E-state index contributed by atoms with van der Waals surface area (Å²) in [6.45, 7) is 14.4. The lowest BCUT2D eigenvalue weighted by molar-refractivity contribution is -0.145. The molecule has 1 amide bonds. The summed E-state index contributed by atoms with van der Waals surface area (Å²) in [5.41, 5.74) is 2.25. The molecule has 0 aliphatic carbocycles. The maximum Gasteiger partial charge on any atom is 0.410 e. The molecule has 0 N–H and O–H groups in total. The molecule has 2 fully saturated rings. The van der Waals surface area contributed by atoms with Gasteiger partial charge in [0.15, 0.2) is 0 Å². The minimum absolute atomic E-state index is 0.0325. The average Bonchev–Trinajstić information content (AvgIpc) is 3.01. The molecule has 230 valence electrons. The summed E-state index contributed by atoms with van der Waals surface area (Å²) in [5.74, 6) is -0.555. The number of ether oxygens (including phenoxy) is 2. The Bertz CT molecular complexity index is 1110. The largest absolute Gasteiger partial charge is 0.465 e. The van der Waals surface area contributed by atoms with Crippen molar-refractivity contribution in [2.45, 2.75) is 58.2 Å². The Labute approximate surface area is 256 Å². The van der Waals surface area contributed by atoms with E-state index in [9.17, 15) is 9.59 Å². The zero-order chi connectivity index (χ0) is 29.9. The van der Waals surface area contributed by atoms with E-state index < -0.39 is 0 Å². The molecule has 0 saturated carbocycles. The van der Waals surface area contributed by atoms with Crippen LogP contribution in [0.5, 0.6) is 0 Å². The third kappa shape index (κ3) is 9.17. The van der Waals surface area contributed by atoms with Crippen LogP contribution >= 0.6 is 11.6 Å². The molecule has 2 aliphatic rings. The number of esters is 1. The van der Waals surface area contributed by atoms with Gasteiger partial charge in [0, 0.05) is 76.0 Å². The van der Waals surface area contributed by atoms with Gasteiger partial charge >= 0.3 is 12.1 Å². The lowest BCUT2D eigenvalue weighted by Crippen LogP contribution is -2.56. The highest BCUT2D eigenvalue weighted by molar-refractivity contribution is 6.30. The Balaban J connectivity index is 1.33. The fraction of sp³-hybridized carbons (Fsp3) is 0.576. The third-order valence-corrected chi connectivity index (χ3v) is 8.80. The molecule has 0 radical (unpaired) electrons. The number of rotatable bonds is 12. The Hall–Kier alpha value is -2.65. The average molecular weight is 599 g/mol. The van der Waals surface area contributed by atoms with E-state index in [2.05, 4.69) is 33.8 Å². The molecule has 0 spiro atoms. The number of hydrogen-bond donors (Lipinski definition) is 0. The highest BCUT2D eigenvalue weighted by Gasteiger charge is 2.34. The van der Waals surface area contributed by atoms with Crippen molar-refractivity contribution in [3.8, 4) is 0 Å². The minimum atomic E-state index is -0.357. The second-order valence-electron chi connectivity index (χ2n) is 11.4. The van der Waals surface area contributed by atoms with Gasteiger partial charge in [0.2, 0.25) is 0 Å². The van der Waals surface area contributed by atoms with E-state index in [1.807, 2.05) is 61.2 Å². The van der Waals surface area contributed by atoms with E-state index in [1.165, 1.54) is 5.56 Å². The first-order chi connectivity index (χ1) is 20.4. The molecule has 2 heterocycles. The van der Waals surface area contributed by atoms with Gasteiger partial charge in [-0.3, -0.25) is 19.5 Å². The Morgan fingerprint density at radius 3 is 2.21 bits per heavy atom. The van der Waals surface area contributed by atoms with Crippen molar-refractivity contribution in [2.75, 3.05) is 65.6 Å². The van der Waals surface area contributed by atoms with Crippen LogP contribution in [0.3, 0.4) is 0 Å². The third-order valence-electron chi connectivity index (χ3n) is 8.55. The summed E-state index contributed by atoms with van der Waals surface area (Å²) < 4.78 is 10.9. The number of carbonyl (C=O) groups excluding carboxylic acids is 2. The Kier molecular flexibility index (Phi) is 12.5. The van der Waals surface area contributed by atoms with Gasteiger partial charge in [-0.2, -0.15) is 0 Å². The molecule has 2 aliphatic heterocycles. The minimum Gasteiger partial charge on any atom is -0.465 e. The van der Waals surface area contributed by atoms with Crippen molar-refractivity contribution < 1.29 is 19.1 Å². The summed E-state index contributed by atoms with van der Waals surface area (Å²) >= 11 is 6.05. The number of nitrogens with zero attached hydrogens (tertiary/aromatic N) is 4. The van der Waals surface area contributed by atoms with Crippen LogP contribution in [0.25, 0.3) is 0 Å². The van der Waals surface area contributed by atoms with Crippen molar-refractivity contribution in [3.63, 3.8) is 0 Å². The second-order valence-corrected chi connectivity index (χ2v) is 11.8. The fourth-order valence-electron chi connectivity index (χ4n) is 6.11. The Morgan fingerprint density at radius 1 is 0.881 bits per heavy atom. The predicted octanol–water partition coefficient (Wildman–Crippen LogP) is 5.12. The maximum absolute atomic E-state index is 12.9. The number of hydrogen-bond acceptors (Lipinski definition) is 7. The molecule has 0 aromatic heterocycles. The van der Waals surface area contributed by atoms with Crippen LogP contribution in [0, 0.1) is 0 Å². The molecule has 3 atom stereocenters. The Morgan fingerprint density at radius 2 is 1.55 bits per heavy atom. The lowest BCUT2D eigenvalue weighted by atomic mass is 9.96. The van der Waals surface area contributed by atoms with Crippen LogP contribution in [-0.2, 0) is 20.8 Å². The number of benzene rings is 2. The van der Waals surface area contributed by atoms with E-state index in [1.54, 1.807) is 0 Å². The predicted molar refractivity (Wildman–Crippen MR) is 167 cm³/mol. The van der Waals surface area contributed by atoms with E-state index >= 15 is 0 Å². The quantitative estimate of drug-likeness (QED) is 0.314. The molecule has 2 aromatic rings. The normalized spacial score (nSPS) is 20.2. The number of piperazine rings is 2. The molecule has 2 aromatic carbocycles. The summed E-state index contributed by atoms with van der Waals surface area (Å²) in [6, 6.07) is 18.4. The zero-order valence-electron chi connectivity index (χ0n) is 25.4. The summed E-state index contributed by atoms with van der Waals surface area (Å²) in [6.07, 6.45) is 1.64. The smallest absolute Gasteiger partial charge is 0.410 e. The van der Waals surface area contributed by atoms with E-state index in [0.29, 0.717) is 45.4 Å². The number of amides is 1. The monoisotopic (exact) mass is 598 g/mol. The van der Waals surface area contributed by atoms with Crippen LogP contribution in [0.2, 0.25) is 5.02 Å². The topological polar surface area (TPSA) is 65.6 Å². The van der Waals surface area contributed by atoms with Gasteiger partial charge in [0.05, 0.1) is 19.1 Å². The molecule has 2 saturated heterocycles. The van der Waals surface area contributed by atoms with Gasteiger partial charge in [-0.1, -0.05) is 54.1 Å². The highest BCUT2D eigenvalue weighted by Crippen LogP contribution is 2.24. The fourth-order valence-corrected chi connectivity index (χ4v) is 6.23. The first-order valence-electron chi connectivity index (χ1n) is 15.5. The van der Waals surface area contributed by atoms with Crippen LogP contribution < -0.4 is 0 Å². The van der Waals surface area contributed by atoms with E-state index in [-0.39, 0.29) is 24.0 Å². The van der Waals surface area contributed by atoms with Crippen LogP contribution in [0.15, 0.2) is 54.6 Å². The highest BCUT2D eigenvalue weighted by atomic mass is 35.5. The molecular formula is C33H47ClN4O4. The lowest BCUT2D eigenvalue weighted by Gasteiger charge is -2.43. The van der Waals surface area contributed by atoms with Crippen molar-refractivity contribution >= 4 is 23.7 Å². The molecule has 4 rings (SSSR count). The molecule has 9 heteroatoms. The molecule has 3 unspecified atom stereocenters. The van der Waals surface area contributed by atoms with Gasteiger partial charge in [-0.05, 0) is 56.9 Å². The molecule has 42 heavy (non-hydrogen) atoms.